The first-order valence-corrected chi connectivity index (χ1v) is 24.6. The van der Waals surface area contributed by atoms with E-state index in [0.717, 1.165) is 123 Å². The van der Waals surface area contributed by atoms with Crippen molar-refractivity contribution < 1.29 is 29.0 Å². The summed E-state index contributed by atoms with van der Waals surface area (Å²) in [6, 6.07) is 13.4. The Kier molecular flexibility index (Phi) is 19.4. The number of aldehydes is 1. The van der Waals surface area contributed by atoms with Gasteiger partial charge in [-0.2, -0.15) is 0 Å². The van der Waals surface area contributed by atoms with Crippen LogP contribution in [0.2, 0.25) is 0 Å². The Labute approximate surface area is 391 Å². The van der Waals surface area contributed by atoms with Crippen LogP contribution in [0.15, 0.2) is 60.5 Å². The number of hydrogen-bond donors (Lipinski definition) is 3. The fraction of sp³-hybridized carbons (Fsp3) is 0.569. The highest BCUT2D eigenvalue weighted by Gasteiger charge is 2.50. The summed E-state index contributed by atoms with van der Waals surface area (Å²) in [4.78, 5) is 60.9. The maximum absolute atomic E-state index is 12.8. The van der Waals surface area contributed by atoms with Gasteiger partial charge < -0.3 is 35.1 Å². The molecule has 14 heteroatoms. The van der Waals surface area contributed by atoms with Crippen molar-refractivity contribution in [2.75, 3.05) is 49.3 Å². The first-order valence-electron chi connectivity index (χ1n) is 23.7. The van der Waals surface area contributed by atoms with E-state index in [1.165, 1.54) is 17.7 Å². The highest BCUT2D eigenvalue weighted by atomic mass is 32.2. The zero-order chi connectivity index (χ0) is 47.1. The Morgan fingerprint density at radius 2 is 1.75 bits per heavy atom. The fourth-order valence-corrected chi connectivity index (χ4v) is 10.5. The topological polar surface area (TPSA) is 157 Å². The number of aliphatic hydroxyl groups excluding tert-OH is 1. The number of para-hydroxylation sites is 1. The summed E-state index contributed by atoms with van der Waals surface area (Å²) in [5, 5.41) is 15.7. The summed E-state index contributed by atoms with van der Waals surface area (Å²) >= 11 is 1.91. The molecule has 0 spiro atoms. The van der Waals surface area contributed by atoms with Crippen LogP contribution in [0.5, 0.6) is 5.75 Å². The Bertz CT molecular complexity index is 2060. The van der Waals surface area contributed by atoms with E-state index >= 15 is 0 Å². The number of carbonyl (C=O) groups is 4. The molecule has 4 atom stereocenters. The minimum atomic E-state index is -0.585. The van der Waals surface area contributed by atoms with Crippen molar-refractivity contribution in [3.05, 3.63) is 71.8 Å². The predicted molar refractivity (Wildman–Crippen MR) is 263 cm³/mol. The van der Waals surface area contributed by atoms with Gasteiger partial charge in [-0.1, -0.05) is 69.8 Å². The monoisotopic (exact) mass is 912 g/mol. The van der Waals surface area contributed by atoms with Crippen LogP contribution in [0.4, 0.5) is 17.3 Å². The molecule has 1 aromatic heterocycles. The molecular formula is C51H73N7O6S. The second kappa shape index (κ2) is 24.7. The molecule has 3 fully saturated rings. The van der Waals surface area contributed by atoms with E-state index in [1.807, 2.05) is 93.3 Å². The van der Waals surface area contributed by atoms with E-state index in [9.17, 15) is 19.2 Å². The third-order valence-corrected chi connectivity index (χ3v) is 14.4. The third kappa shape index (κ3) is 13.6. The highest BCUT2D eigenvalue weighted by Crippen LogP contribution is 2.49. The van der Waals surface area contributed by atoms with Gasteiger partial charge in [0.1, 0.15) is 29.6 Å². The van der Waals surface area contributed by atoms with Gasteiger partial charge in [0, 0.05) is 81.4 Å². The van der Waals surface area contributed by atoms with Gasteiger partial charge in [0.15, 0.2) is 0 Å². The first-order chi connectivity index (χ1) is 31.3. The Morgan fingerprint density at radius 1 is 1.03 bits per heavy atom. The SMILES string of the molecule is CC.CNC(=O)C(CCC=O)N(C)c1cccc(-c2ccc(OC3=CC(SN4CCC(Nc5ncc(C6(C(C)=O)CC6)c(C)n5)CC4)CCC3)cc2)c1N(C)C=O.C[C@@H]1CCCC(O)C1. The lowest BCUT2D eigenvalue weighted by Gasteiger charge is -2.34. The summed E-state index contributed by atoms with van der Waals surface area (Å²) in [6.07, 6.45) is 17.7. The number of nitrogens with zero attached hydrogens (tertiary/aromatic N) is 5. The molecule has 13 nitrogen and oxygen atoms in total. The largest absolute Gasteiger partial charge is 0.462 e. The quantitative estimate of drug-likeness (QED) is 0.0875. The summed E-state index contributed by atoms with van der Waals surface area (Å²) < 4.78 is 8.88. The van der Waals surface area contributed by atoms with E-state index in [1.54, 1.807) is 21.0 Å². The number of ketones is 1. The summed E-state index contributed by atoms with van der Waals surface area (Å²) in [7, 11) is 5.08. The van der Waals surface area contributed by atoms with Crippen LogP contribution >= 0.6 is 11.9 Å². The lowest BCUT2D eigenvalue weighted by molar-refractivity contribution is -0.122. The molecule has 0 radical (unpaired) electrons. The molecule has 2 saturated carbocycles. The number of aryl methyl sites for hydroxylation is 1. The number of piperidine rings is 1. The number of rotatable bonds is 17. The molecule has 4 aliphatic rings. The van der Waals surface area contributed by atoms with Gasteiger partial charge in [-0.15, -0.1) is 0 Å². The Hall–Kier alpha value is -4.79. The van der Waals surface area contributed by atoms with E-state index in [2.05, 4.69) is 32.9 Å². The van der Waals surface area contributed by atoms with Gasteiger partial charge in [0.05, 0.1) is 22.9 Å². The number of hydrogen-bond acceptors (Lipinski definition) is 12. The molecule has 2 amide bonds. The molecule has 65 heavy (non-hydrogen) atoms. The fourth-order valence-electron chi connectivity index (χ4n) is 9.23. The number of carbonyl (C=O) groups excluding carboxylic acids is 4. The molecule has 7 rings (SSSR count). The summed E-state index contributed by atoms with van der Waals surface area (Å²) in [5.41, 5.74) is 4.61. The molecule has 1 saturated heterocycles. The van der Waals surface area contributed by atoms with E-state index in [4.69, 9.17) is 14.8 Å². The van der Waals surface area contributed by atoms with Crippen LogP contribution in [0.25, 0.3) is 11.1 Å². The second-order valence-electron chi connectivity index (χ2n) is 17.8. The molecule has 354 valence electrons. The highest BCUT2D eigenvalue weighted by molar-refractivity contribution is 7.97. The summed E-state index contributed by atoms with van der Waals surface area (Å²) in [5.74, 6) is 3.13. The number of amides is 2. The standard InChI is InChI=1S/C42H53N7O5S.C7H14O.C2H6/c1-28-36(42(20-21-42)29(2)52)26-44-41(45-28)46-31-18-22-49(23-19-31)55-34-10-6-9-33(25-34)54-32-16-14-30(15-17-32)35-11-7-12-37(39(35)47(4)27-51)48(5)38(13-8-24-50)40(53)43-3;1-6-3-2-4-7(8)5-6;1-2/h7,11-12,14-17,24-27,31,34,38H,6,8-10,13,18-23H2,1-5H3,(H,43,53)(H,44,45,46);6-8H,2-5H2,1H3;1-2H3/t;6-,7?;/m.1./s1. The van der Waals surface area contributed by atoms with E-state index in [-0.39, 0.29) is 29.6 Å². The number of nitrogens with one attached hydrogen (secondary N) is 2. The van der Waals surface area contributed by atoms with Crippen LogP contribution in [0.3, 0.4) is 0 Å². The number of anilines is 3. The molecule has 0 bridgehead atoms. The number of Topliss-reactive ketones (excluding diaryl/α,β-unsaturated/α-hetero) is 1. The predicted octanol–water partition coefficient (Wildman–Crippen LogP) is 8.82. The van der Waals surface area contributed by atoms with Crippen LogP contribution in [0.1, 0.15) is 122 Å². The number of likely N-dealkylation sites (N-methyl/N-ethyl adjacent to an activating group) is 2. The van der Waals surface area contributed by atoms with Crippen molar-refractivity contribution in [3.8, 4) is 16.9 Å². The van der Waals surface area contributed by atoms with Gasteiger partial charge in [-0.05, 0) is 107 Å². The third-order valence-electron chi connectivity index (χ3n) is 13.1. The second-order valence-corrected chi connectivity index (χ2v) is 19.1. The molecule has 1 aliphatic heterocycles. The molecule has 3 N–H and O–H groups in total. The average Bonchev–Trinajstić information content (AvgIpc) is 4.13. The van der Waals surface area contributed by atoms with Crippen molar-refractivity contribution in [3.63, 3.8) is 0 Å². The van der Waals surface area contributed by atoms with Crippen molar-refractivity contribution in [1.82, 2.24) is 19.6 Å². The van der Waals surface area contributed by atoms with Crippen LogP contribution in [-0.4, -0.2) is 101 Å². The normalized spacial score (nSPS) is 20.8. The Balaban J connectivity index is 0.000000708. The van der Waals surface area contributed by atoms with Crippen LogP contribution in [-0.2, 0) is 24.6 Å². The van der Waals surface area contributed by atoms with Gasteiger partial charge >= 0.3 is 0 Å². The first kappa shape index (κ1) is 51.2. The lowest BCUT2D eigenvalue weighted by atomic mass is 9.89. The molecule has 2 heterocycles. The van der Waals surface area contributed by atoms with Gasteiger partial charge in [0.25, 0.3) is 0 Å². The Morgan fingerprint density at radius 3 is 2.34 bits per heavy atom. The van der Waals surface area contributed by atoms with Crippen molar-refractivity contribution >= 4 is 53.7 Å². The van der Waals surface area contributed by atoms with Gasteiger partial charge in [-0.3, -0.25) is 14.4 Å². The number of benzene rings is 2. The smallest absolute Gasteiger partial charge is 0.242 e. The van der Waals surface area contributed by atoms with Gasteiger partial charge in [-0.25, -0.2) is 14.3 Å². The van der Waals surface area contributed by atoms with E-state index < -0.39 is 6.04 Å². The van der Waals surface area contributed by atoms with Crippen molar-refractivity contribution in [2.45, 2.75) is 147 Å². The zero-order valence-electron chi connectivity index (χ0n) is 40.0. The van der Waals surface area contributed by atoms with Crippen molar-refractivity contribution in [1.29, 1.82) is 0 Å². The maximum Gasteiger partial charge on any atom is 0.242 e. The average molecular weight is 912 g/mol. The zero-order valence-corrected chi connectivity index (χ0v) is 40.8. The van der Waals surface area contributed by atoms with Crippen molar-refractivity contribution in [2.24, 2.45) is 5.92 Å². The number of aromatic nitrogens is 2. The number of allylic oxidation sites excluding steroid dienone is 1. The molecule has 2 aromatic carbocycles. The lowest BCUT2D eigenvalue weighted by Crippen LogP contribution is -2.44. The number of aliphatic hydroxyl groups is 1. The maximum atomic E-state index is 12.8. The van der Waals surface area contributed by atoms with Crippen LogP contribution < -0.4 is 25.2 Å². The van der Waals surface area contributed by atoms with Gasteiger partial charge in [0.2, 0.25) is 18.3 Å². The molecule has 3 aliphatic carbocycles. The summed E-state index contributed by atoms with van der Waals surface area (Å²) in [6.45, 7) is 11.8. The minimum Gasteiger partial charge on any atom is -0.462 e. The molecule has 3 aromatic rings. The molecular weight excluding hydrogens is 839 g/mol. The number of ether oxygens (including phenoxy) is 1. The molecule has 3 unspecified atom stereocenters. The van der Waals surface area contributed by atoms with Crippen LogP contribution in [0, 0.1) is 12.8 Å². The minimum absolute atomic E-state index is 0.0127. The van der Waals surface area contributed by atoms with E-state index in [0.29, 0.717) is 35.0 Å².